The second-order valence-corrected chi connectivity index (χ2v) is 9.08. The summed E-state index contributed by atoms with van der Waals surface area (Å²) < 4.78 is 39.8. The van der Waals surface area contributed by atoms with Crippen molar-refractivity contribution < 1.29 is 22.4 Å². The number of hydrogen-bond donors (Lipinski definition) is 2. The number of nitrogens with one attached hydrogen (secondary N) is 2. The van der Waals surface area contributed by atoms with Crippen LogP contribution in [0, 0.1) is 5.82 Å². The Morgan fingerprint density at radius 2 is 1.79 bits per heavy atom. The fourth-order valence-electron chi connectivity index (χ4n) is 3.57. The molecule has 1 saturated carbocycles. The Morgan fingerprint density at radius 3 is 2.43 bits per heavy atom. The van der Waals surface area contributed by atoms with E-state index in [0.29, 0.717) is 13.1 Å². The van der Waals surface area contributed by atoms with Crippen molar-refractivity contribution in [2.24, 2.45) is 0 Å². The van der Waals surface area contributed by atoms with Gasteiger partial charge in [0.2, 0.25) is 15.9 Å². The summed E-state index contributed by atoms with van der Waals surface area (Å²) >= 11 is 0. The molecule has 1 aromatic rings. The minimum absolute atomic E-state index is 0.0198. The van der Waals surface area contributed by atoms with Crippen LogP contribution in [0.2, 0.25) is 0 Å². The molecule has 3 amide bonds. The van der Waals surface area contributed by atoms with E-state index in [0.717, 1.165) is 31.7 Å². The minimum atomic E-state index is -3.77. The number of sulfonamides is 1. The summed E-state index contributed by atoms with van der Waals surface area (Å²) in [5.41, 5.74) is 0. The molecule has 0 spiro atoms. The Kier molecular flexibility index (Phi) is 6.63. The summed E-state index contributed by atoms with van der Waals surface area (Å²) in [5, 5.41) is 5.11. The summed E-state index contributed by atoms with van der Waals surface area (Å²) in [4.78, 5) is 25.6. The maximum Gasteiger partial charge on any atom is 0.321 e. The molecule has 1 aliphatic carbocycles. The van der Waals surface area contributed by atoms with E-state index in [1.165, 1.54) is 22.5 Å². The predicted octanol–water partition coefficient (Wildman–Crippen LogP) is 0.900. The van der Waals surface area contributed by atoms with Gasteiger partial charge >= 0.3 is 6.03 Å². The summed E-state index contributed by atoms with van der Waals surface area (Å²) in [6.07, 6.45) is 4.04. The van der Waals surface area contributed by atoms with Crippen LogP contribution in [0.25, 0.3) is 0 Å². The largest absolute Gasteiger partial charge is 0.335 e. The second-order valence-electron chi connectivity index (χ2n) is 7.14. The lowest BCUT2D eigenvalue weighted by atomic mass is 10.2. The summed E-state index contributed by atoms with van der Waals surface area (Å²) in [5.74, 6) is -1.02. The lowest BCUT2D eigenvalue weighted by molar-refractivity contribution is -0.121. The maximum absolute atomic E-state index is 13.3. The maximum atomic E-state index is 13.3. The Bertz CT molecular complexity index is 819. The Balaban J connectivity index is 1.45. The van der Waals surface area contributed by atoms with E-state index in [1.54, 1.807) is 4.90 Å². The molecule has 1 aromatic carbocycles. The second kappa shape index (κ2) is 8.97. The van der Waals surface area contributed by atoms with Gasteiger partial charge in [-0.1, -0.05) is 18.9 Å². The Labute approximate surface area is 164 Å². The molecule has 1 aliphatic heterocycles. The van der Waals surface area contributed by atoms with Crippen molar-refractivity contribution in [1.82, 2.24) is 19.8 Å². The number of rotatable bonds is 5. The quantitative estimate of drug-likeness (QED) is 0.749. The Morgan fingerprint density at radius 1 is 1.11 bits per heavy atom. The summed E-state index contributed by atoms with van der Waals surface area (Å²) in [6.45, 7) is 1.12. The van der Waals surface area contributed by atoms with Crippen LogP contribution < -0.4 is 10.6 Å². The molecule has 0 unspecified atom stereocenters. The van der Waals surface area contributed by atoms with Crippen molar-refractivity contribution in [3.8, 4) is 0 Å². The van der Waals surface area contributed by atoms with Gasteiger partial charge in [0.1, 0.15) is 5.82 Å². The topological polar surface area (TPSA) is 98.8 Å². The average molecular weight is 412 g/mol. The number of carbonyl (C=O) groups excluding carboxylic acids is 2. The van der Waals surface area contributed by atoms with Gasteiger partial charge in [-0.25, -0.2) is 17.6 Å². The van der Waals surface area contributed by atoms with Gasteiger partial charge < -0.3 is 5.32 Å². The third-order valence-electron chi connectivity index (χ3n) is 5.08. The minimum Gasteiger partial charge on any atom is -0.335 e. The molecule has 2 fully saturated rings. The van der Waals surface area contributed by atoms with Crippen LogP contribution in [0.1, 0.15) is 25.7 Å². The van der Waals surface area contributed by atoms with E-state index in [2.05, 4.69) is 10.6 Å². The number of amides is 3. The SMILES string of the molecule is O=C(CN1CCN(S(=O)(=O)c2cccc(F)c2)CC1)NC(=O)NC1CCCC1. The molecule has 28 heavy (non-hydrogen) atoms. The van der Waals surface area contributed by atoms with E-state index in [1.807, 2.05) is 0 Å². The fourth-order valence-corrected chi connectivity index (χ4v) is 5.02. The van der Waals surface area contributed by atoms with Crippen molar-refractivity contribution in [2.45, 2.75) is 36.6 Å². The van der Waals surface area contributed by atoms with Crippen LogP contribution in [0.5, 0.6) is 0 Å². The van der Waals surface area contributed by atoms with Crippen LogP contribution in [0.3, 0.4) is 0 Å². The number of halogens is 1. The number of benzene rings is 1. The van der Waals surface area contributed by atoms with E-state index in [9.17, 15) is 22.4 Å². The lowest BCUT2D eigenvalue weighted by Crippen LogP contribution is -2.52. The van der Waals surface area contributed by atoms with Gasteiger partial charge in [-0.05, 0) is 31.0 Å². The molecule has 1 heterocycles. The first-order valence-electron chi connectivity index (χ1n) is 9.43. The monoisotopic (exact) mass is 412 g/mol. The van der Waals surface area contributed by atoms with Gasteiger partial charge in [-0.15, -0.1) is 0 Å². The van der Waals surface area contributed by atoms with Gasteiger partial charge in [0, 0.05) is 32.2 Å². The molecule has 0 radical (unpaired) electrons. The van der Waals surface area contributed by atoms with Gasteiger partial charge in [-0.3, -0.25) is 15.0 Å². The molecule has 3 rings (SSSR count). The zero-order chi connectivity index (χ0) is 20.1. The van der Waals surface area contributed by atoms with Crippen LogP contribution >= 0.6 is 0 Å². The van der Waals surface area contributed by atoms with Gasteiger partial charge in [0.05, 0.1) is 11.4 Å². The third-order valence-corrected chi connectivity index (χ3v) is 6.97. The van der Waals surface area contributed by atoms with E-state index >= 15 is 0 Å². The smallest absolute Gasteiger partial charge is 0.321 e. The van der Waals surface area contributed by atoms with Crippen molar-refractivity contribution in [2.75, 3.05) is 32.7 Å². The number of imide groups is 1. The Hall–Kier alpha value is -2.04. The highest BCUT2D eigenvalue weighted by molar-refractivity contribution is 7.89. The van der Waals surface area contributed by atoms with E-state index in [4.69, 9.17) is 0 Å². The molecule has 0 bridgehead atoms. The predicted molar refractivity (Wildman–Crippen MR) is 101 cm³/mol. The van der Waals surface area contributed by atoms with Gasteiger partial charge in [0.15, 0.2) is 0 Å². The number of carbonyl (C=O) groups is 2. The first-order chi connectivity index (χ1) is 13.3. The van der Waals surface area contributed by atoms with Crippen molar-refractivity contribution in [3.05, 3.63) is 30.1 Å². The van der Waals surface area contributed by atoms with Crippen LogP contribution in [0.15, 0.2) is 29.2 Å². The van der Waals surface area contributed by atoms with E-state index < -0.39 is 27.8 Å². The number of piperazine rings is 1. The number of nitrogens with zero attached hydrogens (tertiary/aromatic N) is 2. The zero-order valence-corrected chi connectivity index (χ0v) is 16.4. The molecule has 2 N–H and O–H groups in total. The molecule has 10 heteroatoms. The van der Waals surface area contributed by atoms with Crippen molar-refractivity contribution in [3.63, 3.8) is 0 Å². The molecule has 1 saturated heterocycles. The number of hydrogen-bond acceptors (Lipinski definition) is 5. The molecular formula is C18H25FN4O4S. The molecule has 0 atom stereocenters. The number of urea groups is 1. The average Bonchev–Trinajstić information content (AvgIpc) is 3.15. The van der Waals surface area contributed by atoms with Crippen LogP contribution in [0.4, 0.5) is 9.18 Å². The fraction of sp³-hybridized carbons (Fsp3) is 0.556. The first kappa shape index (κ1) is 20.7. The third kappa shape index (κ3) is 5.27. The van der Waals surface area contributed by atoms with E-state index in [-0.39, 0.29) is 30.6 Å². The lowest BCUT2D eigenvalue weighted by Gasteiger charge is -2.33. The van der Waals surface area contributed by atoms with Crippen molar-refractivity contribution in [1.29, 1.82) is 0 Å². The molecule has 2 aliphatic rings. The molecule has 8 nitrogen and oxygen atoms in total. The van der Waals surface area contributed by atoms with Crippen LogP contribution in [-0.2, 0) is 14.8 Å². The highest BCUT2D eigenvalue weighted by Crippen LogP contribution is 2.19. The van der Waals surface area contributed by atoms with Gasteiger partial charge in [-0.2, -0.15) is 4.31 Å². The molecule has 154 valence electrons. The van der Waals surface area contributed by atoms with Gasteiger partial charge in [0.25, 0.3) is 0 Å². The normalized spacial score (nSPS) is 19.5. The highest BCUT2D eigenvalue weighted by Gasteiger charge is 2.29. The zero-order valence-electron chi connectivity index (χ0n) is 15.6. The first-order valence-corrected chi connectivity index (χ1v) is 10.9. The standard InChI is InChI=1S/C18H25FN4O4S/c19-14-4-3-7-16(12-14)28(26,27)23-10-8-22(9-11-23)13-17(24)21-18(25)20-15-5-1-2-6-15/h3-4,7,12,15H,1-2,5-6,8-11,13H2,(H2,20,21,24,25). The summed E-state index contributed by atoms with van der Waals surface area (Å²) in [6, 6.07) is 4.56. The summed E-state index contributed by atoms with van der Waals surface area (Å²) in [7, 11) is -3.77. The highest BCUT2D eigenvalue weighted by atomic mass is 32.2. The van der Waals surface area contributed by atoms with Crippen molar-refractivity contribution >= 4 is 22.0 Å². The molecular weight excluding hydrogens is 387 g/mol. The molecule has 0 aromatic heterocycles. The van der Waals surface area contributed by atoms with Crippen LogP contribution in [-0.4, -0.2) is 68.3 Å².